The zero-order chi connectivity index (χ0) is 15.4. The van der Waals surface area contributed by atoms with Crippen LogP contribution in [-0.4, -0.2) is 12.5 Å². The van der Waals surface area contributed by atoms with Crippen LogP contribution in [0.4, 0.5) is 15.8 Å². The van der Waals surface area contributed by atoms with Gasteiger partial charge in [-0.1, -0.05) is 6.07 Å². The summed E-state index contributed by atoms with van der Waals surface area (Å²) in [6.07, 6.45) is 0. The molecule has 0 aliphatic carbocycles. The van der Waals surface area contributed by atoms with E-state index in [0.717, 1.165) is 5.56 Å². The molecule has 0 heterocycles. The molecule has 0 atom stereocenters. The van der Waals surface area contributed by atoms with Crippen LogP contribution in [-0.2, 0) is 4.79 Å². The van der Waals surface area contributed by atoms with Crippen LogP contribution in [0.25, 0.3) is 0 Å². The number of nitrogens with two attached hydrogens (primary N) is 1. The van der Waals surface area contributed by atoms with Crippen LogP contribution in [0.3, 0.4) is 0 Å². The Kier molecular flexibility index (Phi) is 4.80. The van der Waals surface area contributed by atoms with Crippen LogP contribution >= 0.6 is 15.9 Å². The molecule has 2 rings (SSSR count). The van der Waals surface area contributed by atoms with Gasteiger partial charge in [-0.2, -0.15) is 0 Å². The summed E-state index contributed by atoms with van der Waals surface area (Å²) in [6, 6.07) is 9.55. The van der Waals surface area contributed by atoms with E-state index in [9.17, 15) is 9.18 Å². The van der Waals surface area contributed by atoms with Crippen molar-refractivity contribution >= 4 is 33.2 Å². The fourth-order valence-corrected chi connectivity index (χ4v) is 1.92. The third-order valence-corrected chi connectivity index (χ3v) is 3.44. The van der Waals surface area contributed by atoms with E-state index in [1.165, 1.54) is 12.1 Å². The number of amides is 1. The lowest BCUT2D eigenvalue weighted by atomic mass is 10.2. The molecule has 3 N–H and O–H groups in total. The van der Waals surface area contributed by atoms with E-state index in [-0.39, 0.29) is 18.3 Å². The summed E-state index contributed by atoms with van der Waals surface area (Å²) in [5, 5.41) is 2.70. The molecule has 0 unspecified atom stereocenters. The molecule has 0 fully saturated rings. The van der Waals surface area contributed by atoms with Crippen molar-refractivity contribution in [2.75, 3.05) is 17.7 Å². The first-order valence-corrected chi connectivity index (χ1v) is 6.99. The number of nitrogen functional groups attached to an aromatic ring is 1. The molecule has 0 bridgehead atoms. The molecular formula is C15H14BrFN2O2. The van der Waals surface area contributed by atoms with Crippen LogP contribution < -0.4 is 15.8 Å². The van der Waals surface area contributed by atoms with Crippen LogP contribution in [0.5, 0.6) is 5.75 Å². The molecule has 6 heteroatoms. The van der Waals surface area contributed by atoms with Gasteiger partial charge in [-0.25, -0.2) is 4.39 Å². The molecule has 0 saturated carbocycles. The predicted octanol–water partition coefficient (Wildman–Crippen LogP) is 3.50. The number of ether oxygens (including phenoxy) is 1. The second-order valence-electron chi connectivity index (χ2n) is 4.49. The van der Waals surface area contributed by atoms with Gasteiger partial charge in [0.2, 0.25) is 0 Å². The van der Waals surface area contributed by atoms with Gasteiger partial charge in [-0.3, -0.25) is 4.79 Å². The maximum absolute atomic E-state index is 13.3. The molecule has 21 heavy (non-hydrogen) atoms. The second kappa shape index (κ2) is 6.58. The zero-order valence-corrected chi connectivity index (χ0v) is 12.9. The summed E-state index contributed by atoms with van der Waals surface area (Å²) in [4.78, 5) is 11.8. The zero-order valence-electron chi connectivity index (χ0n) is 11.3. The Morgan fingerprint density at radius 3 is 2.81 bits per heavy atom. The average Bonchev–Trinajstić information content (AvgIpc) is 2.44. The van der Waals surface area contributed by atoms with Crippen molar-refractivity contribution in [3.8, 4) is 5.75 Å². The Morgan fingerprint density at radius 2 is 2.10 bits per heavy atom. The Balaban J connectivity index is 1.95. The topological polar surface area (TPSA) is 64.3 Å². The van der Waals surface area contributed by atoms with Gasteiger partial charge in [-0.05, 0) is 52.7 Å². The van der Waals surface area contributed by atoms with Crippen molar-refractivity contribution in [2.45, 2.75) is 6.92 Å². The van der Waals surface area contributed by atoms with Gasteiger partial charge < -0.3 is 15.8 Å². The molecule has 0 saturated heterocycles. The van der Waals surface area contributed by atoms with Crippen molar-refractivity contribution in [3.63, 3.8) is 0 Å². The lowest BCUT2D eigenvalue weighted by molar-refractivity contribution is -0.118. The molecule has 0 spiro atoms. The fraction of sp³-hybridized carbons (Fsp3) is 0.133. The summed E-state index contributed by atoms with van der Waals surface area (Å²) in [5.74, 6) is -0.498. The maximum Gasteiger partial charge on any atom is 0.262 e. The second-order valence-corrected chi connectivity index (χ2v) is 5.34. The number of aryl methyl sites for hydroxylation is 1. The third-order valence-electron chi connectivity index (χ3n) is 2.80. The molecule has 0 radical (unpaired) electrons. The standard InChI is InChI=1S/C15H14BrFN2O2/c1-9-2-3-10(18)6-14(9)19-15(20)8-21-11-4-5-12(16)13(17)7-11/h2-7H,8,18H2,1H3,(H,19,20). The summed E-state index contributed by atoms with van der Waals surface area (Å²) in [5.41, 5.74) is 7.76. The first-order valence-electron chi connectivity index (χ1n) is 6.19. The molecule has 2 aromatic carbocycles. The van der Waals surface area contributed by atoms with Crippen molar-refractivity contribution in [2.24, 2.45) is 0 Å². The first-order chi connectivity index (χ1) is 9.95. The average molecular weight is 353 g/mol. The minimum Gasteiger partial charge on any atom is -0.484 e. The number of hydrogen-bond donors (Lipinski definition) is 2. The molecule has 1 amide bonds. The highest BCUT2D eigenvalue weighted by atomic mass is 79.9. The third kappa shape index (κ3) is 4.19. The monoisotopic (exact) mass is 352 g/mol. The number of carbonyl (C=O) groups excluding carboxylic acids is 1. The Hall–Kier alpha value is -2.08. The number of benzene rings is 2. The van der Waals surface area contributed by atoms with Crippen molar-refractivity contribution in [3.05, 3.63) is 52.3 Å². The molecule has 2 aromatic rings. The van der Waals surface area contributed by atoms with E-state index >= 15 is 0 Å². The summed E-state index contributed by atoms with van der Waals surface area (Å²) < 4.78 is 18.9. The van der Waals surface area contributed by atoms with Gasteiger partial charge in [0.05, 0.1) is 4.47 Å². The number of halogens is 2. The Bertz CT molecular complexity index is 677. The van der Waals surface area contributed by atoms with E-state index in [4.69, 9.17) is 10.5 Å². The Morgan fingerprint density at radius 1 is 1.33 bits per heavy atom. The van der Waals surface area contributed by atoms with Crippen molar-refractivity contribution < 1.29 is 13.9 Å². The highest BCUT2D eigenvalue weighted by Crippen LogP contribution is 2.21. The quantitative estimate of drug-likeness (QED) is 0.827. The van der Waals surface area contributed by atoms with Crippen molar-refractivity contribution in [1.29, 1.82) is 0 Å². The summed E-state index contributed by atoms with van der Waals surface area (Å²) in [6.45, 7) is 1.65. The number of carbonyl (C=O) groups is 1. The van der Waals surface area contributed by atoms with Gasteiger partial charge in [0.15, 0.2) is 6.61 Å². The highest BCUT2D eigenvalue weighted by Gasteiger charge is 2.07. The van der Waals surface area contributed by atoms with E-state index in [2.05, 4.69) is 21.2 Å². The molecule has 0 aliphatic rings. The molecule has 4 nitrogen and oxygen atoms in total. The molecular weight excluding hydrogens is 339 g/mol. The van der Waals surface area contributed by atoms with Crippen LogP contribution in [0, 0.1) is 12.7 Å². The number of rotatable bonds is 4. The minimum absolute atomic E-state index is 0.213. The number of nitrogens with one attached hydrogen (secondary N) is 1. The van der Waals surface area contributed by atoms with Gasteiger partial charge >= 0.3 is 0 Å². The smallest absolute Gasteiger partial charge is 0.262 e. The fourth-order valence-electron chi connectivity index (χ4n) is 1.68. The van der Waals surface area contributed by atoms with Gasteiger partial charge in [0.25, 0.3) is 5.91 Å². The lowest BCUT2D eigenvalue weighted by Crippen LogP contribution is -2.20. The maximum atomic E-state index is 13.3. The first kappa shape index (κ1) is 15.3. The molecule has 0 aliphatic heterocycles. The largest absolute Gasteiger partial charge is 0.484 e. The van der Waals surface area contributed by atoms with Crippen LogP contribution in [0.1, 0.15) is 5.56 Å². The minimum atomic E-state index is -0.445. The van der Waals surface area contributed by atoms with Crippen molar-refractivity contribution in [1.82, 2.24) is 0 Å². The van der Waals surface area contributed by atoms with E-state index in [1.807, 2.05) is 13.0 Å². The number of anilines is 2. The summed E-state index contributed by atoms with van der Waals surface area (Å²) in [7, 11) is 0. The predicted molar refractivity (Wildman–Crippen MR) is 83.8 cm³/mol. The highest BCUT2D eigenvalue weighted by molar-refractivity contribution is 9.10. The summed E-state index contributed by atoms with van der Waals surface area (Å²) >= 11 is 3.05. The Labute approximate surface area is 130 Å². The van der Waals surface area contributed by atoms with Gasteiger partial charge in [0.1, 0.15) is 11.6 Å². The molecule has 110 valence electrons. The van der Waals surface area contributed by atoms with Gasteiger partial charge in [0, 0.05) is 17.4 Å². The SMILES string of the molecule is Cc1ccc(N)cc1NC(=O)COc1ccc(Br)c(F)c1. The van der Waals surface area contributed by atoms with E-state index in [0.29, 0.717) is 15.8 Å². The van der Waals surface area contributed by atoms with Crippen LogP contribution in [0.2, 0.25) is 0 Å². The van der Waals surface area contributed by atoms with E-state index < -0.39 is 5.82 Å². The van der Waals surface area contributed by atoms with E-state index in [1.54, 1.807) is 18.2 Å². The normalized spacial score (nSPS) is 10.2. The lowest BCUT2D eigenvalue weighted by Gasteiger charge is -2.10. The van der Waals surface area contributed by atoms with Gasteiger partial charge in [-0.15, -0.1) is 0 Å². The number of hydrogen-bond acceptors (Lipinski definition) is 3. The molecule has 0 aromatic heterocycles. The van der Waals surface area contributed by atoms with Crippen LogP contribution in [0.15, 0.2) is 40.9 Å².